The smallest absolute Gasteiger partial charge is 0.332 e. The van der Waals surface area contributed by atoms with E-state index in [9.17, 15) is 9.59 Å². The number of benzene rings is 3. The van der Waals surface area contributed by atoms with Crippen molar-refractivity contribution in [3.05, 3.63) is 117 Å². The van der Waals surface area contributed by atoms with Crippen LogP contribution in [0, 0.1) is 0 Å². The molecule has 0 spiro atoms. The SMILES string of the molecule is CCCCCc1nc2c(c(=O)n(CCc3ccccc3)c(=O)n2CCOC)n1Cc1ccc(-c2ccccc2-c2nnn[nH]2)cc1. The van der Waals surface area contributed by atoms with E-state index in [-0.39, 0.29) is 17.8 Å². The van der Waals surface area contributed by atoms with Gasteiger partial charge in [-0.15, -0.1) is 5.10 Å². The van der Waals surface area contributed by atoms with E-state index in [1.807, 2.05) is 59.2 Å². The number of rotatable bonds is 14. The van der Waals surface area contributed by atoms with Gasteiger partial charge in [-0.05, 0) is 45.5 Å². The highest BCUT2D eigenvalue weighted by molar-refractivity contribution is 5.80. The summed E-state index contributed by atoms with van der Waals surface area (Å²) in [4.78, 5) is 32.9. The van der Waals surface area contributed by atoms with E-state index in [0.717, 1.165) is 52.9 Å². The maximum atomic E-state index is 14.2. The summed E-state index contributed by atoms with van der Waals surface area (Å²) >= 11 is 0. The number of imidazole rings is 1. The maximum Gasteiger partial charge on any atom is 0.332 e. The molecule has 0 radical (unpaired) electrons. The highest BCUT2D eigenvalue weighted by atomic mass is 16.5. The van der Waals surface area contributed by atoms with E-state index in [0.29, 0.717) is 49.5 Å². The molecule has 0 unspecified atom stereocenters. The van der Waals surface area contributed by atoms with Crippen molar-refractivity contribution in [2.24, 2.45) is 0 Å². The number of fused-ring (bicyclic) bond motifs is 1. The molecule has 0 aliphatic rings. The minimum Gasteiger partial charge on any atom is -0.383 e. The van der Waals surface area contributed by atoms with Crippen molar-refractivity contribution in [3.8, 4) is 22.5 Å². The van der Waals surface area contributed by atoms with Gasteiger partial charge in [0.1, 0.15) is 5.82 Å². The lowest BCUT2D eigenvalue weighted by molar-refractivity contribution is 0.186. The van der Waals surface area contributed by atoms with Crippen LogP contribution in [0.5, 0.6) is 0 Å². The Labute approximate surface area is 266 Å². The van der Waals surface area contributed by atoms with Crippen LogP contribution >= 0.6 is 0 Å². The second-order valence-electron chi connectivity index (χ2n) is 11.4. The molecule has 236 valence electrons. The lowest BCUT2D eigenvalue weighted by atomic mass is 9.98. The van der Waals surface area contributed by atoms with Crippen LogP contribution in [0.15, 0.2) is 88.5 Å². The predicted octanol–water partition coefficient (Wildman–Crippen LogP) is 4.88. The van der Waals surface area contributed by atoms with Crippen LogP contribution in [-0.2, 0) is 37.2 Å². The third-order valence-electron chi connectivity index (χ3n) is 8.32. The van der Waals surface area contributed by atoms with E-state index in [1.54, 1.807) is 11.7 Å². The molecule has 0 aliphatic heterocycles. The lowest BCUT2D eigenvalue weighted by Crippen LogP contribution is -2.41. The van der Waals surface area contributed by atoms with Crippen LogP contribution in [0.25, 0.3) is 33.7 Å². The zero-order chi connectivity index (χ0) is 31.9. The topological polar surface area (TPSA) is 126 Å². The van der Waals surface area contributed by atoms with Crippen molar-refractivity contribution in [1.82, 2.24) is 39.3 Å². The summed E-state index contributed by atoms with van der Waals surface area (Å²) < 4.78 is 10.3. The van der Waals surface area contributed by atoms with Gasteiger partial charge in [0.05, 0.1) is 13.2 Å². The summed E-state index contributed by atoms with van der Waals surface area (Å²) in [7, 11) is 1.60. The van der Waals surface area contributed by atoms with Gasteiger partial charge in [-0.2, -0.15) is 0 Å². The van der Waals surface area contributed by atoms with Crippen molar-refractivity contribution in [2.45, 2.75) is 58.7 Å². The van der Waals surface area contributed by atoms with Crippen molar-refractivity contribution < 1.29 is 4.74 Å². The molecule has 46 heavy (non-hydrogen) atoms. The van der Waals surface area contributed by atoms with E-state index < -0.39 is 0 Å². The molecule has 0 aliphatic carbocycles. The summed E-state index contributed by atoms with van der Waals surface area (Å²) in [6.07, 6.45) is 4.34. The average molecular weight is 619 g/mol. The first-order valence-electron chi connectivity index (χ1n) is 15.8. The molecule has 0 saturated heterocycles. The first kappa shape index (κ1) is 30.8. The standard InChI is InChI=1S/C35H38N8O3/c1-3-4-6-15-30-36-33-31(34(44)42(35(45)41(33)22-23-46-2)21-20-25-11-7-5-8-12-25)43(30)24-26-16-18-27(19-17-26)28-13-9-10-14-29(28)32-37-39-40-38-32/h5,7-14,16-19H,3-4,6,15,20-24H2,1-2H3,(H,37,38,39,40). The molecular weight excluding hydrogens is 580 g/mol. The van der Waals surface area contributed by atoms with Gasteiger partial charge in [-0.1, -0.05) is 98.6 Å². The average Bonchev–Trinajstić information content (AvgIpc) is 3.75. The molecule has 0 fully saturated rings. The van der Waals surface area contributed by atoms with Gasteiger partial charge in [0, 0.05) is 32.2 Å². The Morgan fingerprint density at radius 2 is 1.54 bits per heavy atom. The minimum atomic E-state index is -0.361. The Kier molecular flexibility index (Phi) is 9.59. The number of hydrogen-bond acceptors (Lipinski definition) is 7. The fourth-order valence-corrected chi connectivity index (χ4v) is 5.88. The molecule has 3 aromatic carbocycles. The van der Waals surface area contributed by atoms with Crippen molar-refractivity contribution in [3.63, 3.8) is 0 Å². The molecule has 6 aromatic rings. The molecular formula is C35H38N8O3. The molecule has 11 heteroatoms. The summed E-state index contributed by atoms with van der Waals surface area (Å²) in [5.74, 6) is 1.41. The molecule has 11 nitrogen and oxygen atoms in total. The fourth-order valence-electron chi connectivity index (χ4n) is 5.88. The molecule has 1 N–H and O–H groups in total. The third kappa shape index (κ3) is 6.45. The number of aromatic nitrogens is 8. The quantitative estimate of drug-likeness (QED) is 0.173. The van der Waals surface area contributed by atoms with Gasteiger partial charge in [-0.3, -0.25) is 13.9 Å². The number of aryl methyl sites for hydroxylation is 2. The van der Waals surface area contributed by atoms with Gasteiger partial charge >= 0.3 is 5.69 Å². The molecule has 0 atom stereocenters. The number of aromatic amines is 1. The molecule has 3 aromatic heterocycles. The van der Waals surface area contributed by atoms with Gasteiger partial charge in [0.15, 0.2) is 17.0 Å². The zero-order valence-corrected chi connectivity index (χ0v) is 26.2. The third-order valence-corrected chi connectivity index (χ3v) is 8.32. The van der Waals surface area contributed by atoms with E-state index in [4.69, 9.17) is 9.72 Å². The normalized spacial score (nSPS) is 11.4. The number of nitrogens with zero attached hydrogens (tertiary/aromatic N) is 7. The Hall–Kier alpha value is -5.16. The molecule has 6 rings (SSSR count). The van der Waals surface area contributed by atoms with Gasteiger partial charge in [0.2, 0.25) is 0 Å². The van der Waals surface area contributed by atoms with Crippen LogP contribution < -0.4 is 11.2 Å². The maximum absolute atomic E-state index is 14.2. The summed E-state index contributed by atoms with van der Waals surface area (Å²) in [5, 5.41) is 14.4. The molecule has 0 saturated carbocycles. The molecule has 0 bridgehead atoms. The number of H-pyrrole nitrogens is 1. The monoisotopic (exact) mass is 618 g/mol. The largest absolute Gasteiger partial charge is 0.383 e. The second kappa shape index (κ2) is 14.3. The number of tetrazole rings is 1. The number of ether oxygens (including phenoxy) is 1. The first-order valence-corrected chi connectivity index (χ1v) is 15.8. The number of hydrogen-bond donors (Lipinski definition) is 1. The summed E-state index contributed by atoms with van der Waals surface area (Å²) in [6, 6.07) is 26.1. The van der Waals surface area contributed by atoms with Crippen molar-refractivity contribution in [1.29, 1.82) is 0 Å². The lowest BCUT2D eigenvalue weighted by Gasteiger charge is -2.14. The fraction of sp³-hybridized carbons (Fsp3) is 0.314. The van der Waals surface area contributed by atoms with Gasteiger partial charge in [-0.25, -0.2) is 14.9 Å². The van der Waals surface area contributed by atoms with E-state index in [1.165, 1.54) is 4.57 Å². The van der Waals surface area contributed by atoms with Crippen LogP contribution in [0.3, 0.4) is 0 Å². The Morgan fingerprint density at radius 1 is 0.783 bits per heavy atom. The minimum absolute atomic E-state index is 0.274. The molecule has 3 heterocycles. The van der Waals surface area contributed by atoms with Crippen molar-refractivity contribution in [2.75, 3.05) is 13.7 Å². The zero-order valence-electron chi connectivity index (χ0n) is 26.2. The summed E-state index contributed by atoms with van der Waals surface area (Å²) in [6.45, 7) is 3.52. The Morgan fingerprint density at radius 3 is 2.26 bits per heavy atom. The highest BCUT2D eigenvalue weighted by Gasteiger charge is 2.22. The van der Waals surface area contributed by atoms with Gasteiger partial charge in [0.25, 0.3) is 5.56 Å². The van der Waals surface area contributed by atoms with Crippen LogP contribution in [0.4, 0.5) is 0 Å². The molecule has 0 amide bonds. The van der Waals surface area contributed by atoms with Crippen LogP contribution in [0.2, 0.25) is 0 Å². The van der Waals surface area contributed by atoms with Crippen LogP contribution in [-0.4, -0.2) is 53.0 Å². The van der Waals surface area contributed by atoms with Crippen LogP contribution in [0.1, 0.15) is 43.1 Å². The number of nitrogens with one attached hydrogen (secondary N) is 1. The Bertz CT molecular complexity index is 2010. The van der Waals surface area contributed by atoms with Crippen molar-refractivity contribution >= 4 is 11.2 Å². The van der Waals surface area contributed by atoms with E-state index >= 15 is 0 Å². The number of methoxy groups -OCH3 is 1. The predicted molar refractivity (Wildman–Crippen MR) is 178 cm³/mol. The highest BCUT2D eigenvalue weighted by Crippen LogP contribution is 2.30. The first-order chi connectivity index (χ1) is 22.6. The van der Waals surface area contributed by atoms with Gasteiger partial charge < -0.3 is 9.30 Å². The van der Waals surface area contributed by atoms with E-state index in [2.05, 4.69) is 51.8 Å². The summed E-state index contributed by atoms with van der Waals surface area (Å²) in [5.41, 5.74) is 5.20. The number of unbranched alkanes of at least 4 members (excludes halogenated alkanes) is 2. The Balaban J connectivity index is 1.42. The second-order valence-corrected chi connectivity index (χ2v) is 11.4.